The minimum atomic E-state index is -0.468. The van der Waals surface area contributed by atoms with Crippen LogP contribution in [0.3, 0.4) is 0 Å². The van der Waals surface area contributed by atoms with E-state index in [0.717, 1.165) is 73.9 Å². The molecule has 6 nitrogen and oxygen atoms in total. The minimum Gasteiger partial charge on any atom is -0.356 e. The molecule has 0 aliphatic carbocycles. The van der Waals surface area contributed by atoms with Crippen LogP contribution in [0, 0.1) is 17.7 Å². The fourth-order valence-corrected chi connectivity index (χ4v) is 5.19. The van der Waals surface area contributed by atoms with E-state index in [1.54, 1.807) is 23.1 Å². The molecule has 0 spiro atoms. The highest BCUT2D eigenvalue weighted by Crippen LogP contribution is 2.33. The van der Waals surface area contributed by atoms with Gasteiger partial charge in [-0.15, -0.1) is 0 Å². The molecule has 3 aliphatic rings. The summed E-state index contributed by atoms with van der Waals surface area (Å²) >= 11 is 0. The van der Waals surface area contributed by atoms with Crippen molar-refractivity contribution in [1.82, 2.24) is 14.9 Å². The topological polar surface area (TPSA) is 52.6 Å². The van der Waals surface area contributed by atoms with Crippen LogP contribution in [0.1, 0.15) is 61.1 Å². The first kappa shape index (κ1) is 22.1. The monoisotopic (exact) mass is 451 g/mol. The molecule has 2 fully saturated rings. The van der Waals surface area contributed by atoms with Crippen molar-refractivity contribution >= 4 is 17.7 Å². The van der Waals surface area contributed by atoms with E-state index in [1.807, 2.05) is 0 Å². The van der Waals surface area contributed by atoms with Crippen LogP contribution in [0.2, 0.25) is 0 Å². The summed E-state index contributed by atoms with van der Waals surface area (Å²) in [7, 11) is 0. The summed E-state index contributed by atoms with van der Waals surface area (Å²) < 4.78 is 14.3. The number of halogens is 1. The van der Waals surface area contributed by atoms with E-state index in [1.165, 1.54) is 18.9 Å². The fraction of sp³-hybridized carbons (Fsp3) is 0.577. The number of fused-ring (bicyclic) bond motifs is 1. The Kier molecular flexibility index (Phi) is 6.21. The van der Waals surface area contributed by atoms with Crippen LogP contribution < -0.4 is 9.80 Å². The van der Waals surface area contributed by atoms with E-state index in [0.29, 0.717) is 19.5 Å². The summed E-state index contributed by atoms with van der Waals surface area (Å²) in [5.41, 5.74) is 2.22. The van der Waals surface area contributed by atoms with Crippen LogP contribution in [0.15, 0.2) is 24.3 Å². The van der Waals surface area contributed by atoms with Crippen LogP contribution >= 0.6 is 0 Å². The Hall–Kier alpha value is -2.70. The van der Waals surface area contributed by atoms with Gasteiger partial charge in [-0.2, -0.15) is 4.98 Å². The molecule has 0 N–H and O–H groups in total. The largest absolute Gasteiger partial charge is 0.356 e. The Morgan fingerprint density at radius 2 is 1.55 bits per heavy atom. The van der Waals surface area contributed by atoms with Gasteiger partial charge in [-0.1, -0.05) is 26.0 Å². The van der Waals surface area contributed by atoms with E-state index < -0.39 is 5.82 Å². The number of carbonyl (C=O) groups is 1. The van der Waals surface area contributed by atoms with Crippen molar-refractivity contribution < 1.29 is 9.18 Å². The molecule has 1 aromatic carbocycles. The lowest BCUT2D eigenvalue weighted by Crippen LogP contribution is -2.41. The van der Waals surface area contributed by atoms with Gasteiger partial charge in [0.2, 0.25) is 5.95 Å². The van der Waals surface area contributed by atoms with Gasteiger partial charge in [-0.05, 0) is 49.7 Å². The molecule has 1 amide bonds. The molecule has 0 saturated carbocycles. The van der Waals surface area contributed by atoms with Gasteiger partial charge in [0, 0.05) is 44.7 Å². The molecule has 2 saturated heterocycles. The second-order valence-corrected chi connectivity index (χ2v) is 10.1. The lowest BCUT2D eigenvalue weighted by Gasteiger charge is -2.37. The Morgan fingerprint density at radius 1 is 0.909 bits per heavy atom. The third-order valence-corrected chi connectivity index (χ3v) is 7.57. The molecule has 7 heteroatoms. The first-order valence-electron chi connectivity index (χ1n) is 12.4. The van der Waals surface area contributed by atoms with Gasteiger partial charge in [0.15, 0.2) is 0 Å². The maximum absolute atomic E-state index is 14.3. The van der Waals surface area contributed by atoms with Crippen molar-refractivity contribution in [2.24, 2.45) is 11.8 Å². The second-order valence-electron chi connectivity index (χ2n) is 10.1. The molecular formula is C26H34FN5O. The Morgan fingerprint density at radius 3 is 2.21 bits per heavy atom. The first-order chi connectivity index (χ1) is 16.0. The summed E-state index contributed by atoms with van der Waals surface area (Å²) in [6.45, 7) is 9.53. The van der Waals surface area contributed by atoms with Gasteiger partial charge in [-0.3, -0.25) is 4.79 Å². The Bertz CT molecular complexity index is 1010. The zero-order valence-electron chi connectivity index (χ0n) is 19.8. The van der Waals surface area contributed by atoms with E-state index in [-0.39, 0.29) is 11.5 Å². The van der Waals surface area contributed by atoms with Crippen molar-refractivity contribution in [2.45, 2.75) is 52.5 Å². The lowest BCUT2D eigenvalue weighted by atomic mass is 9.97. The molecule has 0 radical (unpaired) electrons. The van der Waals surface area contributed by atoms with Crippen molar-refractivity contribution in [3.63, 3.8) is 0 Å². The molecule has 0 atom stereocenters. The van der Waals surface area contributed by atoms with Gasteiger partial charge in [0.05, 0.1) is 17.8 Å². The summed E-state index contributed by atoms with van der Waals surface area (Å²) in [5, 5.41) is 0. The third-order valence-electron chi connectivity index (χ3n) is 7.57. The molecule has 5 rings (SSSR count). The van der Waals surface area contributed by atoms with Gasteiger partial charge in [0.1, 0.15) is 11.6 Å². The van der Waals surface area contributed by atoms with Crippen molar-refractivity contribution in [3.05, 3.63) is 46.9 Å². The van der Waals surface area contributed by atoms with Crippen molar-refractivity contribution in [2.75, 3.05) is 42.5 Å². The van der Waals surface area contributed by atoms with E-state index in [2.05, 4.69) is 23.6 Å². The SMILES string of the molecule is CC1CCN(c2nc3c(c(N4CCC(C)CC4)n2)CN(C(=O)c2ccccc2F)CC3)CC1. The van der Waals surface area contributed by atoms with Gasteiger partial charge >= 0.3 is 0 Å². The van der Waals surface area contributed by atoms with Crippen molar-refractivity contribution in [1.29, 1.82) is 0 Å². The second kappa shape index (κ2) is 9.27. The predicted molar refractivity (Wildman–Crippen MR) is 128 cm³/mol. The van der Waals surface area contributed by atoms with Crippen LogP contribution in [0.4, 0.5) is 16.2 Å². The van der Waals surface area contributed by atoms with E-state index >= 15 is 0 Å². The molecule has 2 aromatic rings. The maximum Gasteiger partial charge on any atom is 0.257 e. The van der Waals surface area contributed by atoms with Crippen LogP contribution in [-0.2, 0) is 13.0 Å². The van der Waals surface area contributed by atoms with E-state index in [9.17, 15) is 9.18 Å². The summed E-state index contributed by atoms with van der Waals surface area (Å²) in [6, 6.07) is 6.24. The fourth-order valence-electron chi connectivity index (χ4n) is 5.19. The van der Waals surface area contributed by atoms with Crippen molar-refractivity contribution in [3.8, 4) is 0 Å². The first-order valence-corrected chi connectivity index (χ1v) is 12.4. The number of benzene rings is 1. The number of aromatic nitrogens is 2. The third kappa shape index (κ3) is 4.55. The molecule has 3 aliphatic heterocycles. The summed E-state index contributed by atoms with van der Waals surface area (Å²) in [4.78, 5) is 29.7. The van der Waals surface area contributed by atoms with Gasteiger partial charge in [0.25, 0.3) is 5.91 Å². The molecule has 33 heavy (non-hydrogen) atoms. The normalized spacial score (nSPS) is 20.2. The highest BCUT2D eigenvalue weighted by Gasteiger charge is 2.31. The number of rotatable bonds is 3. The number of anilines is 2. The van der Waals surface area contributed by atoms with Crippen LogP contribution in [0.5, 0.6) is 0 Å². The smallest absolute Gasteiger partial charge is 0.257 e. The number of nitrogens with zero attached hydrogens (tertiary/aromatic N) is 5. The Balaban J connectivity index is 1.47. The van der Waals surface area contributed by atoms with Gasteiger partial charge < -0.3 is 14.7 Å². The average Bonchev–Trinajstić information content (AvgIpc) is 2.84. The standard InChI is InChI=1S/C26H34FN5O/c1-18-7-12-30(13-8-18)24-21-17-32(25(33)20-5-3-4-6-22(20)27)16-11-23(21)28-26(29-24)31-14-9-19(2)10-15-31/h3-6,18-19H,7-17H2,1-2H3. The van der Waals surface area contributed by atoms with E-state index in [4.69, 9.17) is 9.97 Å². The predicted octanol–water partition coefficient (Wildman–Crippen LogP) is 4.29. The number of piperidine rings is 2. The number of carbonyl (C=O) groups excluding carboxylic acids is 1. The zero-order chi connectivity index (χ0) is 22.9. The maximum atomic E-state index is 14.3. The molecule has 4 heterocycles. The molecule has 1 aromatic heterocycles. The number of hydrogen-bond acceptors (Lipinski definition) is 5. The average molecular weight is 452 g/mol. The number of amides is 1. The number of hydrogen-bond donors (Lipinski definition) is 0. The molecular weight excluding hydrogens is 417 g/mol. The summed E-state index contributed by atoms with van der Waals surface area (Å²) in [6.07, 6.45) is 5.30. The van der Waals surface area contributed by atoms with Crippen LogP contribution in [-0.4, -0.2) is 53.5 Å². The van der Waals surface area contributed by atoms with Crippen LogP contribution in [0.25, 0.3) is 0 Å². The molecule has 176 valence electrons. The Labute approximate surface area is 195 Å². The van der Waals surface area contributed by atoms with Gasteiger partial charge in [-0.25, -0.2) is 9.37 Å². The zero-order valence-corrected chi connectivity index (χ0v) is 19.8. The highest BCUT2D eigenvalue weighted by molar-refractivity contribution is 5.94. The highest BCUT2D eigenvalue weighted by atomic mass is 19.1. The lowest BCUT2D eigenvalue weighted by molar-refractivity contribution is 0.0729. The summed E-state index contributed by atoms with van der Waals surface area (Å²) in [5.74, 6) is 2.56. The molecule has 0 bridgehead atoms. The minimum absolute atomic E-state index is 0.134. The quantitative estimate of drug-likeness (QED) is 0.697. The molecule has 0 unspecified atom stereocenters.